The van der Waals surface area contributed by atoms with Crippen molar-refractivity contribution in [2.75, 3.05) is 4.90 Å². The zero-order valence-electron chi connectivity index (χ0n) is 25.5. The fourth-order valence-electron chi connectivity index (χ4n) is 5.08. The first kappa shape index (κ1) is 31.4. The van der Waals surface area contributed by atoms with Crippen LogP contribution in [0.2, 0.25) is 0 Å². The van der Waals surface area contributed by atoms with E-state index in [1.54, 1.807) is 6.08 Å². The summed E-state index contributed by atoms with van der Waals surface area (Å²) in [6.45, 7) is 16.6. The van der Waals surface area contributed by atoms with Crippen LogP contribution >= 0.6 is 0 Å². The fraction of sp³-hybridized carbons (Fsp3) is 0.250. The van der Waals surface area contributed by atoms with E-state index in [4.69, 9.17) is 0 Å². The number of anilines is 1. The van der Waals surface area contributed by atoms with Gasteiger partial charge in [0.1, 0.15) is 0 Å². The molecule has 212 valence electrons. The molecule has 2 aliphatic carbocycles. The number of allylic oxidation sites excluding steroid dienone is 20. The average molecular weight is 542 g/mol. The van der Waals surface area contributed by atoms with Crippen LogP contribution in [0.15, 0.2) is 163 Å². The van der Waals surface area contributed by atoms with Gasteiger partial charge < -0.3 is 4.90 Å². The molecule has 1 heteroatoms. The lowest BCUT2D eigenvalue weighted by Crippen LogP contribution is -2.22. The predicted octanol–water partition coefficient (Wildman–Crippen LogP) is 11.7. The Morgan fingerprint density at radius 2 is 1.76 bits per heavy atom. The fourth-order valence-corrected chi connectivity index (χ4v) is 5.08. The first-order chi connectivity index (χ1) is 20.1. The van der Waals surface area contributed by atoms with Gasteiger partial charge in [0.15, 0.2) is 0 Å². The summed E-state index contributed by atoms with van der Waals surface area (Å²) >= 11 is 0. The van der Waals surface area contributed by atoms with Crippen molar-refractivity contribution in [1.29, 1.82) is 0 Å². The van der Waals surface area contributed by atoms with Gasteiger partial charge in [0.2, 0.25) is 0 Å². The average Bonchev–Trinajstić information content (AvgIpc) is 3.02. The van der Waals surface area contributed by atoms with Crippen LogP contribution in [0.5, 0.6) is 0 Å². The van der Waals surface area contributed by atoms with E-state index in [1.165, 1.54) is 22.4 Å². The third kappa shape index (κ3) is 8.95. The van der Waals surface area contributed by atoms with Gasteiger partial charge in [0, 0.05) is 23.0 Å². The molecule has 1 aromatic carbocycles. The van der Waals surface area contributed by atoms with Crippen molar-refractivity contribution in [3.05, 3.63) is 168 Å². The van der Waals surface area contributed by atoms with E-state index in [-0.39, 0.29) is 0 Å². The van der Waals surface area contributed by atoms with Gasteiger partial charge in [-0.2, -0.15) is 0 Å². The highest BCUT2D eigenvalue weighted by Gasteiger charge is 2.19. The number of hydrogen-bond donors (Lipinski definition) is 0. The number of benzene rings is 1. The van der Waals surface area contributed by atoms with Crippen molar-refractivity contribution in [3.63, 3.8) is 0 Å². The molecule has 1 unspecified atom stereocenters. The van der Waals surface area contributed by atoms with E-state index in [0.717, 1.165) is 54.6 Å². The maximum atomic E-state index is 4.32. The van der Waals surface area contributed by atoms with Crippen LogP contribution in [0.4, 0.5) is 5.69 Å². The van der Waals surface area contributed by atoms with Crippen molar-refractivity contribution < 1.29 is 0 Å². The van der Waals surface area contributed by atoms with Gasteiger partial charge in [0.05, 0.1) is 0 Å². The quantitative estimate of drug-likeness (QED) is 0.224. The molecule has 0 fully saturated rings. The van der Waals surface area contributed by atoms with E-state index in [2.05, 4.69) is 142 Å². The highest BCUT2D eigenvalue weighted by atomic mass is 15.1. The molecule has 0 amide bonds. The van der Waals surface area contributed by atoms with Gasteiger partial charge in [-0.05, 0) is 98.6 Å². The van der Waals surface area contributed by atoms with E-state index in [1.807, 2.05) is 19.1 Å². The van der Waals surface area contributed by atoms with Crippen LogP contribution in [0.25, 0.3) is 5.57 Å². The maximum absolute atomic E-state index is 4.32. The van der Waals surface area contributed by atoms with Crippen molar-refractivity contribution >= 4 is 11.3 Å². The van der Waals surface area contributed by atoms with Crippen LogP contribution in [0, 0.1) is 5.92 Å². The van der Waals surface area contributed by atoms with Crippen molar-refractivity contribution in [2.24, 2.45) is 5.92 Å². The summed E-state index contributed by atoms with van der Waals surface area (Å²) in [5.74, 6) is 0.434. The number of rotatable bonds is 13. The first-order valence-electron chi connectivity index (χ1n) is 15.0. The molecule has 0 saturated carbocycles. The lowest BCUT2D eigenvalue weighted by molar-refractivity contribution is 0.760. The lowest BCUT2D eigenvalue weighted by Gasteiger charge is -2.30. The van der Waals surface area contributed by atoms with Gasteiger partial charge in [0.25, 0.3) is 0 Å². The summed E-state index contributed by atoms with van der Waals surface area (Å²) in [5.41, 5.74) is 9.31. The molecule has 0 N–H and O–H groups in total. The molecule has 0 bridgehead atoms. The standard InChI is InChI=1S/C40H47N/c1-7-12-14-19-33(10-4)36-23-28-39(29-24-36)41(38(11-5)27-22-32(6)34(17-8-2)18-9-3)40-30-25-37(26-31-40)35-20-15-13-16-21-35/h8-11,14-15,17-25,27-31,37H,2,6-7,12-13,16,26H2,1,3-5H3/b18-9-,19-14-,27-22-,33-10+,34-17+,38-11+. The Balaban J connectivity index is 1.97. The molecule has 3 rings (SSSR count). The van der Waals surface area contributed by atoms with Crippen LogP contribution in [0.1, 0.15) is 65.4 Å². The van der Waals surface area contributed by atoms with Crippen molar-refractivity contribution in [1.82, 2.24) is 0 Å². The molecule has 0 heterocycles. The Kier molecular flexibility index (Phi) is 12.9. The van der Waals surface area contributed by atoms with E-state index in [9.17, 15) is 0 Å². The molecular formula is C40H47N. The normalized spacial score (nSPS) is 18.3. The third-order valence-electron chi connectivity index (χ3n) is 7.34. The number of nitrogens with zero attached hydrogens (tertiary/aromatic N) is 1. The van der Waals surface area contributed by atoms with Gasteiger partial charge >= 0.3 is 0 Å². The predicted molar refractivity (Wildman–Crippen MR) is 184 cm³/mol. The molecule has 1 aromatic rings. The summed E-state index contributed by atoms with van der Waals surface area (Å²) in [6, 6.07) is 8.92. The van der Waals surface area contributed by atoms with E-state index in [0.29, 0.717) is 5.92 Å². The van der Waals surface area contributed by atoms with Crippen molar-refractivity contribution in [2.45, 2.75) is 59.8 Å². The summed E-state index contributed by atoms with van der Waals surface area (Å²) < 4.78 is 0. The van der Waals surface area contributed by atoms with Gasteiger partial charge in [-0.3, -0.25) is 0 Å². The zero-order chi connectivity index (χ0) is 29.5. The second-order valence-corrected chi connectivity index (χ2v) is 10.3. The molecule has 0 spiro atoms. The lowest BCUT2D eigenvalue weighted by atomic mass is 9.88. The minimum atomic E-state index is 0.434. The van der Waals surface area contributed by atoms with Gasteiger partial charge in [-0.25, -0.2) is 0 Å². The molecule has 0 aromatic heterocycles. The summed E-state index contributed by atoms with van der Waals surface area (Å²) in [6.07, 6.45) is 40.5. The largest absolute Gasteiger partial charge is 0.311 e. The second kappa shape index (κ2) is 16.9. The monoisotopic (exact) mass is 541 g/mol. The number of unbranched alkanes of at least 4 members (excludes halogenated alkanes) is 1. The third-order valence-corrected chi connectivity index (χ3v) is 7.34. The van der Waals surface area contributed by atoms with E-state index < -0.39 is 0 Å². The van der Waals surface area contributed by atoms with Crippen LogP contribution in [-0.4, -0.2) is 0 Å². The summed E-state index contributed by atoms with van der Waals surface area (Å²) in [7, 11) is 0. The minimum Gasteiger partial charge on any atom is -0.311 e. The van der Waals surface area contributed by atoms with Gasteiger partial charge in [-0.1, -0.05) is 124 Å². The molecule has 0 aliphatic heterocycles. The topological polar surface area (TPSA) is 3.24 Å². The molecule has 2 aliphatic rings. The maximum Gasteiger partial charge on any atom is 0.0461 e. The van der Waals surface area contributed by atoms with Gasteiger partial charge in [-0.15, -0.1) is 0 Å². The van der Waals surface area contributed by atoms with Crippen LogP contribution < -0.4 is 4.90 Å². The summed E-state index contributed by atoms with van der Waals surface area (Å²) in [4.78, 5) is 2.35. The zero-order valence-corrected chi connectivity index (χ0v) is 25.5. The summed E-state index contributed by atoms with van der Waals surface area (Å²) in [5, 5.41) is 0. The molecular weight excluding hydrogens is 494 g/mol. The van der Waals surface area contributed by atoms with Crippen molar-refractivity contribution in [3.8, 4) is 0 Å². The Morgan fingerprint density at radius 3 is 2.34 bits per heavy atom. The molecule has 1 nitrogen and oxygen atoms in total. The minimum absolute atomic E-state index is 0.434. The van der Waals surface area contributed by atoms with Crippen LogP contribution in [0.3, 0.4) is 0 Å². The highest BCUT2D eigenvalue weighted by molar-refractivity contribution is 5.76. The highest BCUT2D eigenvalue weighted by Crippen LogP contribution is 2.33. The second-order valence-electron chi connectivity index (χ2n) is 10.3. The Hall–Kier alpha value is -4.10. The first-order valence-corrected chi connectivity index (χ1v) is 15.0. The molecule has 41 heavy (non-hydrogen) atoms. The molecule has 0 saturated heterocycles. The Labute approximate surface area is 249 Å². The van der Waals surface area contributed by atoms with E-state index >= 15 is 0 Å². The Morgan fingerprint density at radius 1 is 0.951 bits per heavy atom. The molecule has 1 atom stereocenters. The Bertz CT molecular complexity index is 1360. The van der Waals surface area contributed by atoms with Crippen LogP contribution in [-0.2, 0) is 0 Å². The molecule has 0 radical (unpaired) electrons. The SMILES string of the molecule is C=C/C=C(\C=C/C)C(=C)/C=C\C(=C/C)N(C1=CCC(C2=CCCC=C2)C=C1)c1ccc(C(/C=C\CCC)=C/C)cc1. The smallest absolute Gasteiger partial charge is 0.0461 e. The number of hydrogen-bond acceptors (Lipinski definition) is 1.